The van der Waals surface area contributed by atoms with Crippen LogP contribution < -0.4 is 10.1 Å². The lowest BCUT2D eigenvalue weighted by Gasteiger charge is -2.14. The topological polar surface area (TPSA) is 21.3 Å². The maximum Gasteiger partial charge on any atom is 0.137 e. The van der Waals surface area contributed by atoms with E-state index in [4.69, 9.17) is 4.74 Å². The molecule has 0 fully saturated rings. The van der Waals surface area contributed by atoms with Gasteiger partial charge in [0.15, 0.2) is 0 Å². The van der Waals surface area contributed by atoms with E-state index in [0.29, 0.717) is 5.92 Å². The van der Waals surface area contributed by atoms with Crippen molar-refractivity contribution in [1.29, 1.82) is 0 Å². The van der Waals surface area contributed by atoms with Gasteiger partial charge < -0.3 is 10.1 Å². The molecule has 1 aromatic rings. The SMILES string of the molecule is CCCCCOc1c(Br)cccc1CNCC(C)C. The number of hydrogen-bond donors (Lipinski definition) is 1. The summed E-state index contributed by atoms with van der Waals surface area (Å²) in [5.74, 6) is 1.66. The summed E-state index contributed by atoms with van der Waals surface area (Å²) in [6.45, 7) is 9.34. The van der Waals surface area contributed by atoms with E-state index in [-0.39, 0.29) is 0 Å². The lowest BCUT2D eigenvalue weighted by Crippen LogP contribution is -2.19. The van der Waals surface area contributed by atoms with E-state index in [1.807, 2.05) is 6.07 Å². The minimum atomic E-state index is 0.668. The molecule has 0 aliphatic rings. The van der Waals surface area contributed by atoms with Gasteiger partial charge in [0.1, 0.15) is 5.75 Å². The first-order valence-electron chi connectivity index (χ1n) is 7.26. The van der Waals surface area contributed by atoms with Crippen molar-refractivity contribution in [2.75, 3.05) is 13.2 Å². The van der Waals surface area contributed by atoms with Gasteiger partial charge in [0.2, 0.25) is 0 Å². The van der Waals surface area contributed by atoms with Gasteiger partial charge in [-0.05, 0) is 40.9 Å². The van der Waals surface area contributed by atoms with E-state index >= 15 is 0 Å². The third kappa shape index (κ3) is 6.44. The van der Waals surface area contributed by atoms with Crippen LogP contribution in [0.15, 0.2) is 22.7 Å². The van der Waals surface area contributed by atoms with Crippen molar-refractivity contribution in [2.45, 2.75) is 46.6 Å². The molecule has 0 aliphatic heterocycles. The highest BCUT2D eigenvalue weighted by molar-refractivity contribution is 9.10. The van der Waals surface area contributed by atoms with Crippen molar-refractivity contribution < 1.29 is 4.74 Å². The van der Waals surface area contributed by atoms with Crippen molar-refractivity contribution in [1.82, 2.24) is 5.32 Å². The average Bonchev–Trinajstić information content (AvgIpc) is 2.36. The van der Waals surface area contributed by atoms with E-state index in [0.717, 1.165) is 36.3 Å². The van der Waals surface area contributed by atoms with Gasteiger partial charge in [0, 0.05) is 12.1 Å². The zero-order valence-electron chi connectivity index (χ0n) is 12.3. The second-order valence-corrected chi connectivity index (χ2v) is 6.16. The van der Waals surface area contributed by atoms with Crippen molar-refractivity contribution >= 4 is 15.9 Å². The average molecular weight is 328 g/mol. The number of unbranched alkanes of at least 4 members (excludes halogenated alkanes) is 2. The maximum absolute atomic E-state index is 5.94. The lowest BCUT2D eigenvalue weighted by molar-refractivity contribution is 0.300. The molecule has 19 heavy (non-hydrogen) atoms. The lowest BCUT2D eigenvalue weighted by atomic mass is 10.2. The van der Waals surface area contributed by atoms with E-state index in [1.54, 1.807) is 0 Å². The second kappa shape index (κ2) is 9.38. The summed E-state index contributed by atoms with van der Waals surface area (Å²) in [4.78, 5) is 0. The Labute approximate surface area is 126 Å². The predicted octanol–water partition coefficient (Wildman–Crippen LogP) is 4.76. The number of para-hydroxylation sites is 1. The molecule has 108 valence electrons. The van der Waals surface area contributed by atoms with Crippen LogP contribution in [0, 0.1) is 5.92 Å². The van der Waals surface area contributed by atoms with Crippen LogP contribution in [0.3, 0.4) is 0 Å². The van der Waals surface area contributed by atoms with Crippen LogP contribution in [0.1, 0.15) is 45.6 Å². The Morgan fingerprint density at radius 1 is 1.26 bits per heavy atom. The van der Waals surface area contributed by atoms with Gasteiger partial charge in [-0.1, -0.05) is 45.7 Å². The molecular weight excluding hydrogens is 302 g/mol. The molecule has 0 spiro atoms. The molecule has 0 aromatic heterocycles. The number of halogens is 1. The van der Waals surface area contributed by atoms with Gasteiger partial charge in [0.05, 0.1) is 11.1 Å². The smallest absolute Gasteiger partial charge is 0.137 e. The Balaban J connectivity index is 2.56. The Bertz CT molecular complexity index is 366. The first kappa shape index (κ1) is 16.5. The molecule has 0 radical (unpaired) electrons. The maximum atomic E-state index is 5.94. The second-order valence-electron chi connectivity index (χ2n) is 5.31. The molecule has 0 saturated carbocycles. The zero-order valence-corrected chi connectivity index (χ0v) is 13.9. The first-order valence-corrected chi connectivity index (χ1v) is 8.05. The monoisotopic (exact) mass is 327 g/mol. The molecule has 0 amide bonds. The first-order chi connectivity index (χ1) is 9.15. The molecule has 0 atom stereocenters. The molecule has 1 N–H and O–H groups in total. The molecule has 2 nitrogen and oxygen atoms in total. The van der Waals surface area contributed by atoms with Gasteiger partial charge in [-0.15, -0.1) is 0 Å². The highest BCUT2D eigenvalue weighted by Gasteiger charge is 2.08. The summed E-state index contributed by atoms with van der Waals surface area (Å²) in [5, 5.41) is 3.47. The highest BCUT2D eigenvalue weighted by atomic mass is 79.9. The quantitative estimate of drug-likeness (QED) is 0.660. The van der Waals surface area contributed by atoms with Crippen LogP contribution >= 0.6 is 15.9 Å². The van der Waals surface area contributed by atoms with Crippen LogP contribution in [-0.4, -0.2) is 13.2 Å². The van der Waals surface area contributed by atoms with Crippen molar-refractivity contribution in [3.05, 3.63) is 28.2 Å². The molecule has 0 heterocycles. The molecule has 1 rings (SSSR count). The van der Waals surface area contributed by atoms with E-state index in [9.17, 15) is 0 Å². The molecule has 0 unspecified atom stereocenters. The number of benzene rings is 1. The number of nitrogens with one attached hydrogen (secondary N) is 1. The number of rotatable bonds is 9. The van der Waals surface area contributed by atoms with Crippen LogP contribution in [-0.2, 0) is 6.54 Å². The Hall–Kier alpha value is -0.540. The van der Waals surface area contributed by atoms with Gasteiger partial charge in [-0.3, -0.25) is 0 Å². The van der Waals surface area contributed by atoms with E-state index < -0.39 is 0 Å². The third-order valence-corrected chi connectivity index (χ3v) is 3.54. The summed E-state index contributed by atoms with van der Waals surface area (Å²) in [6, 6.07) is 6.24. The summed E-state index contributed by atoms with van der Waals surface area (Å²) in [6.07, 6.45) is 3.57. The summed E-state index contributed by atoms with van der Waals surface area (Å²) >= 11 is 3.58. The van der Waals surface area contributed by atoms with Crippen LogP contribution in [0.5, 0.6) is 5.75 Å². The largest absolute Gasteiger partial charge is 0.492 e. The molecule has 0 saturated heterocycles. The number of hydrogen-bond acceptors (Lipinski definition) is 2. The molecular formula is C16H26BrNO. The normalized spacial score (nSPS) is 11.0. The minimum Gasteiger partial charge on any atom is -0.492 e. The summed E-state index contributed by atoms with van der Waals surface area (Å²) in [5.41, 5.74) is 1.23. The number of ether oxygens (including phenoxy) is 1. The fraction of sp³-hybridized carbons (Fsp3) is 0.625. The molecule has 0 aliphatic carbocycles. The van der Waals surface area contributed by atoms with Crippen LogP contribution in [0.2, 0.25) is 0 Å². The van der Waals surface area contributed by atoms with Crippen molar-refractivity contribution in [3.63, 3.8) is 0 Å². The fourth-order valence-corrected chi connectivity index (χ4v) is 2.40. The van der Waals surface area contributed by atoms with Crippen molar-refractivity contribution in [3.8, 4) is 5.75 Å². The molecule has 1 aromatic carbocycles. The minimum absolute atomic E-state index is 0.668. The Kier molecular flexibility index (Phi) is 8.15. The Morgan fingerprint density at radius 3 is 2.74 bits per heavy atom. The highest BCUT2D eigenvalue weighted by Crippen LogP contribution is 2.29. The molecule has 0 bridgehead atoms. The fourth-order valence-electron chi connectivity index (χ4n) is 1.88. The summed E-state index contributed by atoms with van der Waals surface area (Å²) in [7, 11) is 0. The van der Waals surface area contributed by atoms with Gasteiger partial charge in [-0.2, -0.15) is 0 Å². The van der Waals surface area contributed by atoms with Crippen LogP contribution in [0.4, 0.5) is 0 Å². The predicted molar refractivity (Wildman–Crippen MR) is 85.7 cm³/mol. The van der Waals surface area contributed by atoms with Gasteiger partial charge in [0.25, 0.3) is 0 Å². The molecule has 3 heteroatoms. The van der Waals surface area contributed by atoms with Crippen molar-refractivity contribution in [2.24, 2.45) is 5.92 Å². The zero-order chi connectivity index (χ0) is 14.1. The Morgan fingerprint density at radius 2 is 2.05 bits per heavy atom. The van der Waals surface area contributed by atoms with Gasteiger partial charge in [-0.25, -0.2) is 0 Å². The third-order valence-electron chi connectivity index (χ3n) is 2.91. The van der Waals surface area contributed by atoms with Gasteiger partial charge >= 0.3 is 0 Å². The standard InChI is InChI=1S/C16H26BrNO/c1-4-5-6-10-19-16-14(8-7-9-15(16)17)12-18-11-13(2)3/h7-9,13,18H,4-6,10-12H2,1-3H3. The van der Waals surface area contributed by atoms with E-state index in [2.05, 4.69) is 54.2 Å². The summed E-state index contributed by atoms with van der Waals surface area (Å²) < 4.78 is 6.99. The van der Waals surface area contributed by atoms with Crippen LogP contribution in [0.25, 0.3) is 0 Å². The van der Waals surface area contributed by atoms with E-state index in [1.165, 1.54) is 18.4 Å².